The summed E-state index contributed by atoms with van der Waals surface area (Å²) in [6.07, 6.45) is 0.577. The molecule has 106 valence electrons. The summed E-state index contributed by atoms with van der Waals surface area (Å²) in [5.74, 6) is -0.524. The van der Waals surface area contributed by atoms with Crippen molar-refractivity contribution in [3.63, 3.8) is 0 Å². The van der Waals surface area contributed by atoms with Gasteiger partial charge in [0.25, 0.3) is 0 Å². The van der Waals surface area contributed by atoms with E-state index < -0.39 is 0 Å². The van der Waals surface area contributed by atoms with E-state index in [0.29, 0.717) is 11.1 Å². The van der Waals surface area contributed by atoms with E-state index in [-0.39, 0.29) is 48.8 Å². The molecule has 0 atom stereocenters. The zero-order chi connectivity index (χ0) is 15.1. The molecule has 0 unspecified atom stereocenters. The second-order valence-electron chi connectivity index (χ2n) is 4.77. The highest BCUT2D eigenvalue weighted by Gasteiger charge is 2.15. The topological polar surface area (TPSA) is 68.3 Å². The minimum Gasteiger partial charge on any atom is -0.300 e. The van der Waals surface area contributed by atoms with Gasteiger partial charge in [-0.2, -0.15) is 0 Å². The molecule has 0 bridgehead atoms. The summed E-state index contributed by atoms with van der Waals surface area (Å²) >= 11 is 0. The minimum atomic E-state index is -0.216. The smallest absolute Gasteiger partial charge is 0.164 e. The molecule has 0 radical (unpaired) electrons. The molecule has 1 aromatic carbocycles. The molecule has 0 saturated carbocycles. The lowest BCUT2D eigenvalue weighted by atomic mass is 9.97. The van der Waals surface area contributed by atoms with Gasteiger partial charge in [0.2, 0.25) is 0 Å². The van der Waals surface area contributed by atoms with Crippen LogP contribution in [0.3, 0.4) is 0 Å². The second-order valence-corrected chi connectivity index (χ2v) is 4.77. The van der Waals surface area contributed by atoms with E-state index in [1.165, 1.54) is 13.8 Å². The van der Waals surface area contributed by atoms with Crippen LogP contribution in [0.15, 0.2) is 24.3 Å². The number of rotatable bonds is 8. The van der Waals surface area contributed by atoms with Crippen molar-refractivity contribution in [2.75, 3.05) is 0 Å². The molecule has 4 nitrogen and oxygen atoms in total. The van der Waals surface area contributed by atoms with E-state index in [9.17, 15) is 19.2 Å². The van der Waals surface area contributed by atoms with Crippen LogP contribution in [0.5, 0.6) is 0 Å². The summed E-state index contributed by atoms with van der Waals surface area (Å²) in [4.78, 5) is 45.8. The SMILES string of the molecule is CC(=O)CCC(=O)CCC(=O)c1ccccc1C(C)=O. The molecule has 0 amide bonds. The highest BCUT2D eigenvalue weighted by molar-refractivity contribution is 6.08. The average molecular weight is 274 g/mol. The van der Waals surface area contributed by atoms with Crippen molar-refractivity contribution >= 4 is 23.1 Å². The Morgan fingerprint density at radius 3 is 1.90 bits per heavy atom. The third kappa shape index (κ3) is 4.88. The maximum atomic E-state index is 12.0. The number of hydrogen-bond acceptors (Lipinski definition) is 4. The van der Waals surface area contributed by atoms with Gasteiger partial charge in [-0.05, 0) is 13.8 Å². The van der Waals surface area contributed by atoms with E-state index in [0.717, 1.165) is 0 Å². The van der Waals surface area contributed by atoms with Crippen LogP contribution in [0.4, 0.5) is 0 Å². The lowest BCUT2D eigenvalue weighted by Gasteiger charge is -2.05. The maximum absolute atomic E-state index is 12.0. The standard InChI is InChI=1S/C16H18O4/c1-11(17)7-8-13(19)9-10-16(20)15-6-4-3-5-14(15)12(2)18/h3-6H,7-10H2,1-2H3. The van der Waals surface area contributed by atoms with Crippen LogP contribution in [-0.4, -0.2) is 23.1 Å². The third-order valence-electron chi connectivity index (χ3n) is 2.99. The van der Waals surface area contributed by atoms with Gasteiger partial charge in [0, 0.05) is 36.8 Å². The molecule has 20 heavy (non-hydrogen) atoms. The van der Waals surface area contributed by atoms with Gasteiger partial charge in [0.1, 0.15) is 11.6 Å². The number of benzene rings is 1. The first-order valence-corrected chi connectivity index (χ1v) is 6.56. The molecule has 0 aliphatic rings. The molecule has 0 aliphatic carbocycles. The third-order valence-corrected chi connectivity index (χ3v) is 2.99. The fourth-order valence-corrected chi connectivity index (χ4v) is 1.86. The Kier molecular flexibility index (Phi) is 5.97. The van der Waals surface area contributed by atoms with E-state index >= 15 is 0 Å². The van der Waals surface area contributed by atoms with Crippen LogP contribution in [0.25, 0.3) is 0 Å². The van der Waals surface area contributed by atoms with E-state index in [2.05, 4.69) is 0 Å². The Balaban J connectivity index is 2.62. The normalized spacial score (nSPS) is 10.1. The molecular weight excluding hydrogens is 256 g/mol. The van der Waals surface area contributed by atoms with Gasteiger partial charge < -0.3 is 4.79 Å². The van der Waals surface area contributed by atoms with Gasteiger partial charge >= 0.3 is 0 Å². The Bertz CT molecular complexity index is 543. The lowest BCUT2D eigenvalue weighted by Crippen LogP contribution is -2.09. The van der Waals surface area contributed by atoms with Gasteiger partial charge in [0.05, 0.1) is 0 Å². The molecule has 0 heterocycles. The van der Waals surface area contributed by atoms with Gasteiger partial charge in [-0.15, -0.1) is 0 Å². The van der Waals surface area contributed by atoms with Gasteiger partial charge in [-0.1, -0.05) is 24.3 Å². The number of carbonyl (C=O) groups excluding carboxylic acids is 4. The predicted molar refractivity (Wildman–Crippen MR) is 74.9 cm³/mol. The van der Waals surface area contributed by atoms with Crippen molar-refractivity contribution in [2.24, 2.45) is 0 Å². The summed E-state index contributed by atoms with van der Waals surface area (Å²) in [5, 5.41) is 0. The molecule has 0 spiro atoms. The number of hydrogen-bond donors (Lipinski definition) is 0. The first kappa shape index (κ1) is 16.0. The van der Waals surface area contributed by atoms with Gasteiger partial charge in [0.15, 0.2) is 11.6 Å². The molecular formula is C16H18O4. The Morgan fingerprint density at radius 2 is 1.35 bits per heavy atom. The van der Waals surface area contributed by atoms with Crippen molar-refractivity contribution in [1.82, 2.24) is 0 Å². The molecule has 0 saturated heterocycles. The molecule has 0 fully saturated rings. The van der Waals surface area contributed by atoms with Crippen molar-refractivity contribution in [2.45, 2.75) is 39.5 Å². The fraction of sp³-hybridized carbons (Fsp3) is 0.375. The van der Waals surface area contributed by atoms with Crippen LogP contribution in [0, 0.1) is 0 Å². The first-order chi connectivity index (χ1) is 9.41. The Labute approximate surface area is 118 Å². The van der Waals surface area contributed by atoms with Crippen LogP contribution < -0.4 is 0 Å². The number of ketones is 4. The van der Waals surface area contributed by atoms with E-state index in [1.807, 2.05) is 0 Å². The molecule has 4 heteroatoms. The molecule has 1 aromatic rings. The zero-order valence-corrected chi connectivity index (χ0v) is 11.8. The highest BCUT2D eigenvalue weighted by Crippen LogP contribution is 2.13. The van der Waals surface area contributed by atoms with Crippen LogP contribution >= 0.6 is 0 Å². The number of carbonyl (C=O) groups is 4. The van der Waals surface area contributed by atoms with Crippen molar-refractivity contribution in [3.05, 3.63) is 35.4 Å². The van der Waals surface area contributed by atoms with Crippen molar-refractivity contribution in [1.29, 1.82) is 0 Å². The van der Waals surface area contributed by atoms with Crippen LogP contribution in [0.1, 0.15) is 60.2 Å². The molecule has 1 rings (SSSR count). The Morgan fingerprint density at radius 1 is 0.800 bits per heavy atom. The monoisotopic (exact) mass is 274 g/mol. The minimum absolute atomic E-state index is 0.0356. The zero-order valence-electron chi connectivity index (χ0n) is 11.8. The maximum Gasteiger partial charge on any atom is 0.164 e. The number of Topliss-reactive ketones (excluding diaryl/α,β-unsaturated/α-hetero) is 4. The summed E-state index contributed by atoms with van der Waals surface area (Å²) in [7, 11) is 0. The van der Waals surface area contributed by atoms with Gasteiger partial charge in [-0.3, -0.25) is 14.4 Å². The summed E-state index contributed by atoms with van der Waals surface area (Å²) in [6, 6.07) is 6.59. The second kappa shape index (κ2) is 7.48. The quantitative estimate of drug-likeness (QED) is 0.683. The predicted octanol–water partition coefficient (Wildman–Crippen LogP) is 2.79. The molecule has 0 aliphatic heterocycles. The molecule has 0 aromatic heterocycles. The summed E-state index contributed by atoms with van der Waals surface area (Å²) in [6.45, 7) is 2.84. The Hall–Kier alpha value is -2.10. The molecule has 0 N–H and O–H groups in total. The average Bonchev–Trinajstić information content (AvgIpc) is 2.42. The highest BCUT2D eigenvalue weighted by atomic mass is 16.1. The summed E-state index contributed by atoms with van der Waals surface area (Å²) in [5.41, 5.74) is 0.744. The van der Waals surface area contributed by atoms with E-state index in [4.69, 9.17) is 0 Å². The van der Waals surface area contributed by atoms with Crippen molar-refractivity contribution in [3.8, 4) is 0 Å². The van der Waals surface area contributed by atoms with Crippen molar-refractivity contribution < 1.29 is 19.2 Å². The van der Waals surface area contributed by atoms with Crippen LogP contribution in [-0.2, 0) is 9.59 Å². The van der Waals surface area contributed by atoms with Crippen LogP contribution in [0.2, 0.25) is 0 Å². The largest absolute Gasteiger partial charge is 0.300 e. The lowest BCUT2D eigenvalue weighted by molar-refractivity contribution is -0.123. The summed E-state index contributed by atoms with van der Waals surface area (Å²) < 4.78 is 0. The van der Waals surface area contributed by atoms with Gasteiger partial charge in [-0.25, -0.2) is 0 Å². The first-order valence-electron chi connectivity index (χ1n) is 6.56. The fourth-order valence-electron chi connectivity index (χ4n) is 1.86. The van der Waals surface area contributed by atoms with E-state index in [1.54, 1.807) is 24.3 Å².